The van der Waals surface area contributed by atoms with Crippen LogP contribution in [0.1, 0.15) is 27.8 Å². The van der Waals surface area contributed by atoms with Gasteiger partial charge in [-0.05, 0) is 47.4 Å². The van der Waals surface area contributed by atoms with Gasteiger partial charge >= 0.3 is 0 Å². The van der Waals surface area contributed by atoms with Crippen LogP contribution in [0.2, 0.25) is 0 Å². The number of ether oxygens (including phenoxy) is 3. The van der Waals surface area contributed by atoms with Crippen LogP contribution in [0, 0.1) is 6.92 Å². The van der Waals surface area contributed by atoms with Gasteiger partial charge in [-0.2, -0.15) is 0 Å². The Bertz CT molecular complexity index is 1040. The van der Waals surface area contributed by atoms with Gasteiger partial charge in [0.1, 0.15) is 24.7 Å². The van der Waals surface area contributed by atoms with Crippen molar-refractivity contribution in [2.75, 3.05) is 39.6 Å². The number of rotatable bonds is 5. The van der Waals surface area contributed by atoms with Gasteiger partial charge in [0, 0.05) is 26.1 Å². The molecule has 0 saturated carbocycles. The van der Waals surface area contributed by atoms with Gasteiger partial charge in [0.05, 0.1) is 19.8 Å². The molecule has 1 heterocycles. The first kappa shape index (κ1) is 23.3. The monoisotopic (exact) mass is 447 g/mol. The summed E-state index contributed by atoms with van der Waals surface area (Å²) in [5, 5.41) is 9.02. The molecule has 174 valence electrons. The van der Waals surface area contributed by atoms with Gasteiger partial charge in [-0.25, -0.2) is 0 Å². The summed E-state index contributed by atoms with van der Waals surface area (Å²) in [5.41, 5.74) is 6.20. The minimum absolute atomic E-state index is 0.0117. The summed E-state index contributed by atoms with van der Waals surface area (Å²) in [4.78, 5) is 2.40. The second-order valence-electron chi connectivity index (χ2n) is 8.50. The maximum atomic E-state index is 9.02. The lowest BCUT2D eigenvalue weighted by molar-refractivity contribution is 0.0757. The first-order chi connectivity index (χ1) is 16.2. The van der Waals surface area contributed by atoms with Crippen molar-refractivity contribution in [3.63, 3.8) is 0 Å². The van der Waals surface area contributed by atoms with E-state index in [0.717, 1.165) is 37.6 Å². The van der Waals surface area contributed by atoms with Gasteiger partial charge < -0.3 is 19.3 Å². The molecule has 33 heavy (non-hydrogen) atoms. The van der Waals surface area contributed by atoms with E-state index in [1.165, 1.54) is 27.8 Å². The maximum absolute atomic E-state index is 9.02. The lowest BCUT2D eigenvalue weighted by atomic mass is 10.00. The molecule has 0 spiro atoms. The highest BCUT2D eigenvalue weighted by atomic mass is 16.5. The number of aryl methyl sites for hydroxylation is 1. The SMILES string of the molecule is Cc1ccc2c(c1)Cc1cccc(c1)CN(Cc1cccc(OCCO)c1)CCOCCO2. The molecule has 0 aromatic heterocycles. The summed E-state index contributed by atoms with van der Waals surface area (Å²) in [6.07, 6.45) is 0.843. The van der Waals surface area contributed by atoms with Crippen LogP contribution in [0.25, 0.3) is 0 Å². The molecule has 1 aliphatic heterocycles. The number of nitrogens with zero attached hydrogens (tertiary/aromatic N) is 1. The number of hydrogen-bond acceptors (Lipinski definition) is 5. The Kier molecular flexibility index (Phi) is 8.36. The molecule has 3 aromatic rings. The van der Waals surface area contributed by atoms with E-state index in [1.54, 1.807) is 0 Å². The largest absolute Gasteiger partial charge is 0.491 e. The summed E-state index contributed by atoms with van der Waals surface area (Å²) in [5.74, 6) is 1.73. The normalized spacial score (nSPS) is 15.2. The van der Waals surface area contributed by atoms with Gasteiger partial charge in [-0.15, -0.1) is 0 Å². The van der Waals surface area contributed by atoms with E-state index >= 15 is 0 Å². The first-order valence-corrected chi connectivity index (χ1v) is 11.6. The zero-order valence-corrected chi connectivity index (χ0v) is 19.3. The smallest absolute Gasteiger partial charge is 0.122 e. The summed E-state index contributed by atoms with van der Waals surface area (Å²) in [6.45, 7) is 6.64. The topological polar surface area (TPSA) is 51.2 Å². The Morgan fingerprint density at radius 1 is 0.939 bits per heavy atom. The molecular weight excluding hydrogens is 414 g/mol. The molecule has 0 radical (unpaired) electrons. The summed E-state index contributed by atoms with van der Waals surface area (Å²) < 4.78 is 17.5. The summed E-state index contributed by atoms with van der Waals surface area (Å²) in [6, 6.07) is 23.3. The van der Waals surface area contributed by atoms with Gasteiger partial charge in [-0.1, -0.05) is 54.1 Å². The Labute approximate surface area is 196 Å². The molecule has 0 amide bonds. The molecule has 2 bridgehead atoms. The van der Waals surface area contributed by atoms with E-state index in [9.17, 15) is 0 Å². The van der Waals surface area contributed by atoms with Crippen molar-refractivity contribution in [1.29, 1.82) is 0 Å². The molecule has 1 N–H and O–H groups in total. The van der Waals surface area contributed by atoms with E-state index in [0.29, 0.717) is 26.4 Å². The Morgan fingerprint density at radius 2 is 1.82 bits per heavy atom. The molecule has 3 aromatic carbocycles. The van der Waals surface area contributed by atoms with Crippen molar-refractivity contribution < 1.29 is 19.3 Å². The molecule has 0 saturated heterocycles. The van der Waals surface area contributed by atoms with Crippen LogP contribution in [0.5, 0.6) is 11.5 Å². The fourth-order valence-electron chi connectivity index (χ4n) is 4.18. The number of aliphatic hydroxyl groups is 1. The molecule has 0 atom stereocenters. The van der Waals surface area contributed by atoms with Gasteiger partial charge in [0.2, 0.25) is 0 Å². The third-order valence-corrected chi connectivity index (χ3v) is 5.71. The van der Waals surface area contributed by atoms with Gasteiger partial charge in [0.15, 0.2) is 0 Å². The molecule has 4 rings (SSSR count). The maximum Gasteiger partial charge on any atom is 0.122 e. The van der Waals surface area contributed by atoms with E-state index < -0.39 is 0 Å². The molecule has 5 nitrogen and oxygen atoms in total. The highest BCUT2D eigenvalue weighted by Gasteiger charge is 2.12. The predicted molar refractivity (Wildman–Crippen MR) is 130 cm³/mol. The fourth-order valence-corrected chi connectivity index (χ4v) is 4.18. The summed E-state index contributed by atoms with van der Waals surface area (Å²) in [7, 11) is 0. The van der Waals surface area contributed by atoms with Gasteiger partial charge in [0.25, 0.3) is 0 Å². The number of fused-ring (bicyclic) bond motifs is 3. The predicted octanol–water partition coefficient (Wildman–Crippen LogP) is 4.37. The van der Waals surface area contributed by atoms with Crippen LogP contribution in [-0.2, 0) is 24.2 Å². The summed E-state index contributed by atoms with van der Waals surface area (Å²) >= 11 is 0. The van der Waals surface area contributed by atoms with Gasteiger partial charge in [-0.3, -0.25) is 4.90 Å². The van der Waals surface area contributed by atoms with Crippen molar-refractivity contribution in [3.05, 3.63) is 94.5 Å². The molecule has 0 unspecified atom stereocenters. The van der Waals surface area contributed by atoms with Crippen LogP contribution in [0.3, 0.4) is 0 Å². The van der Waals surface area contributed by atoms with Crippen molar-refractivity contribution in [2.24, 2.45) is 0 Å². The first-order valence-electron chi connectivity index (χ1n) is 11.6. The fraction of sp³-hybridized carbons (Fsp3) is 0.357. The van der Waals surface area contributed by atoms with E-state index in [1.807, 2.05) is 18.2 Å². The van der Waals surface area contributed by atoms with Crippen LogP contribution < -0.4 is 9.47 Å². The number of hydrogen-bond donors (Lipinski definition) is 1. The van der Waals surface area contributed by atoms with Crippen molar-refractivity contribution in [1.82, 2.24) is 4.90 Å². The third kappa shape index (κ3) is 7.06. The zero-order chi connectivity index (χ0) is 22.9. The highest BCUT2D eigenvalue weighted by Crippen LogP contribution is 2.24. The Hall–Kier alpha value is -2.86. The number of aliphatic hydroxyl groups excluding tert-OH is 1. The average Bonchev–Trinajstić information content (AvgIpc) is 2.81. The van der Waals surface area contributed by atoms with Crippen molar-refractivity contribution in [3.8, 4) is 11.5 Å². The molecule has 5 heteroatoms. The highest BCUT2D eigenvalue weighted by molar-refractivity contribution is 5.41. The van der Waals surface area contributed by atoms with Crippen molar-refractivity contribution >= 4 is 0 Å². The van der Waals surface area contributed by atoms with E-state index in [-0.39, 0.29) is 6.61 Å². The second kappa shape index (κ2) is 11.8. The quantitative estimate of drug-likeness (QED) is 0.630. The Balaban J connectivity index is 1.53. The Morgan fingerprint density at radius 3 is 2.73 bits per heavy atom. The van der Waals surface area contributed by atoms with Crippen LogP contribution >= 0.6 is 0 Å². The lowest BCUT2D eigenvalue weighted by Crippen LogP contribution is -2.27. The molecule has 1 aliphatic rings. The second-order valence-corrected chi connectivity index (χ2v) is 8.50. The molecule has 0 fully saturated rings. The van der Waals surface area contributed by atoms with E-state index in [2.05, 4.69) is 60.4 Å². The third-order valence-electron chi connectivity index (χ3n) is 5.71. The zero-order valence-electron chi connectivity index (χ0n) is 19.3. The minimum atomic E-state index is 0.0117. The number of benzene rings is 3. The van der Waals surface area contributed by atoms with Crippen LogP contribution in [0.15, 0.2) is 66.7 Å². The molecule has 0 aliphatic carbocycles. The standard InChI is InChI=1S/C28H33NO4/c1-22-8-9-28-26(16-22)18-23-4-2-5-24(17-23)20-29(10-12-31-14-15-33-28)21-25-6-3-7-27(19-25)32-13-11-30/h2-9,16-17,19,30H,10-15,18,20-21H2,1H3. The van der Waals surface area contributed by atoms with E-state index in [4.69, 9.17) is 19.3 Å². The van der Waals surface area contributed by atoms with Crippen LogP contribution in [0.4, 0.5) is 0 Å². The van der Waals surface area contributed by atoms with Crippen molar-refractivity contribution in [2.45, 2.75) is 26.4 Å². The minimum Gasteiger partial charge on any atom is -0.491 e. The van der Waals surface area contributed by atoms with Crippen LogP contribution in [-0.4, -0.2) is 49.6 Å². The molecular formula is C28H33NO4. The average molecular weight is 448 g/mol. The lowest BCUT2D eigenvalue weighted by Gasteiger charge is -2.24.